The molecule has 0 aliphatic rings. The lowest BCUT2D eigenvalue weighted by atomic mass is 10.3. The van der Waals surface area contributed by atoms with Crippen LogP contribution < -0.4 is 10.9 Å². The Balaban J connectivity index is 2.87. The Labute approximate surface area is 141 Å². The normalized spacial score (nSPS) is 12.5. The number of rotatable bonds is 8. The van der Waals surface area contributed by atoms with Gasteiger partial charge in [0.2, 0.25) is 5.58 Å². The molecule has 0 bridgehead atoms. The van der Waals surface area contributed by atoms with Crippen LogP contribution in [0.2, 0.25) is 0 Å². The number of nitrogens with zero attached hydrogens (tertiary/aromatic N) is 2. The Morgan fingerprint density at radius 2 is 1.67 bits per heavy atom. The van der Waals surface area contributed by atoms with E-state index >= 15 is 0 Å². The van der Waals surface area contributed by atoms with Crippen molar-refractivity contribution < 1.29 is 18.5 Å². The van der Waals surface area contributed by atoms with Crippen molar-refractivity contribution in [2.24, 2.45) is 4.99 Å². The Morgan fingerprint density at radius 1 is 1.17 bits per heavy atom. The Hall–Kier alpha value is -1.96. The maximum atomic E-state index is 13.0. The summed E-state index contributed by atoms with van der Waals surface area (Å²) in [7, 11) is -2.18. The van der Waals surface area contributed by atoms with Gasteiger partial charge in [0.05, 0.1) is 22.8 Å². The molecule has 0 spiro atoms. The van der Waals surface area contributed by atoms with Crippen LogP contribution in [0.3, 0.4) is 0 Å². The predicted octanol–water partition coefficient (Wildman–Crippen LogP) is 3.54. The Morgan fingerprint density at radius 3 is 2.04 bits per heavy atom. The van der Waals surface area contributed by atoms with Crippen LogP contribution in [-0.2, 0) is 13.6 Å². The van der Waals surface area contributed by atoms with Crippen LogP contribution in [0.15, 0.2) is 29.3 Å². The van der Waals surface area contributed by atoms with E-state index in [9.17, 15) is 14.7 Å². The third kappa shape index (κ3) is 5.92. The number of aliphatic imine (C=N–C) groups is 1. The van der Waals surface area contributed by atoms with Crippen molar-refractivity contribution in [2.75, 3.05) is 12.5 Å². The van der Waals surface area contributed by atoms with Gasteiger partial charge in [-0.2, -0.15) is 0 Å². The summed E-state index contributed by atoms with van der Waals surface area (Å²) in [5.41, 5.74) is 6.00. The zero-order valence-electron chi connectivity index (χ0n) is 14.3. The quantitative estimate of drug-likeness (QED) is 0.240. The third-order valence-electron chi connectivity index (χ3n) is 2.57. The minimum absolute atomic E-state index is 0.0169. The van der Waals surface area contributed by atoms with E-state index in [0.29, 0.717) is 5.69 Å². The molecule has 0 atom stereocenters. The van der Waals surface area contributed by atoms with Crippen LogP contribution in [0.5, 0.6) is 0 Å². The van der Waals surface area contributed by atoms with E-state index < -0.39 is 12.5 Å². The highest BCUT2D eigenvalue weighted by atomic mass is 31.2. The van der Waals surface area contributed by atoms with Crippen LogP contribution in [0.1, 0.15) is 27.7 Å². The average Bonchev–Trinajstić information content (AvgIpc) is 2.46. The number of benzene rings is 1. The highest BCUT2D eigenvalue weighted by Crippen LogP contribution is 2.51. The van der Waals surface area contributed by atoms with Crippen molar-refractivity contribution in [3.05, 3.63) is 34.4 Å². The van der Waals surface area contributed by atoms with Crippen molar-refractivity contribution in [1.29, 1.82) is 0 Å². The molecule has 134 valence electrons. The number of nitro benzene ring substituents is 1. The zero-order valence-corrected chi connectivity index (χ0v) is 15.2. The molecule has 24 heavy (non-hydrogen) atoms. The molecule has 0 radical (unpaired) electrons. The van der Waals surface area contributed by atoms with E-state index in [1.807, 2.05) is 0 Å². The first kappa shape index (κ1) is 20.1. The fourth-order valence-corrected chi connectivity index (χ4v) is 3.52. The molecular formula is C14H23N4O5P. The molecular weight excluding hydrogens is 335 g/mol. The molecule has 0 saturated carbocycles. The summed E-state index contributed by atoms with van der Waals surface area (Å²) >= 11 is 0. The maximum Gasteiger partial charge on any atom is 0.397 e. The number of nitro groups is 1. The van der Waals surface area contributed by atoms with E-state index in [2.05, 4.69) is 15.8 Å². The van der Waals surface area contributed by atoms with E-state index in [4.69, 9.17) is 9.05 Å². The smallest absolute Gasteiger partial charge is 0.300 e. The largest absolute Gasteiger partial charge is 0.397 e. The molecule has 9 nitrogen and oxygen atoms in total. The van der Waals surface area contributed by atoms with Gasteiger partial charge in [-0.25, -0.2) is 0 Å². The first-order valence-corrected chi connectivity index (χ1v) is 8.93. The van der Waals surface area contributed by atoms with Crippen molar-refractivity contribution >= 4 is 24.5 Å². The second kappa shape index (κ2) is 8.77. The monoisotopic (exact) mass is 358 g/mol. The number of hydrazine groups is 1. The van der Waals surface area contributed by atoms with Gasteiger partial charge in [0.1, 0.15) is 0 Å². The van der Waals surface area contributed by atoms with Gasteiger partial charge in [0.15, 0.2) is 0 Å². The second-order valence-electron chi connectivity index (χ2n) is 5.41. The van der Waals surface area contributed by atoms with Crippen LogP contribution >= 0.6 is 7.60 Å². The highest BCUT2D eigenvalue weighted by Gasteiger charge is 2.34. The summed E-state index contributed by atoms with van der Waals surface area (Å²) in [6.45, 7) is 6.97. The van der Waals surface area contributed by atoms with Gasteiger partial charge in [-0.15, -0.1) is 0 Å². The minimum atomic E-state index is -3.64. The molecule has 0 unspecified atom stereocenters. The topological polar surface area (TPSA) is 115 Å². The van der Waals surface area contributed by atoms with Crippen LogP contribution in [-0.4, -0.2) is 29.8 Å². The van der Waals surface area contributed by atoms with E-state index in [1.54, 1.807) is 27.7 Å². The number of nitrogens with one attached hydrogen (secondary N) is 2. The van der Waals surface area contributed by atoms with Gasteiger partial charge in [-0.05, 0) is 39.8 Å². The molecule has 0 amide bonds. The summed E-state index contributed by atoms with van der Waals surface area (Å²) in [6, 6.07) is 5.72. The average molecular weight is 358 g/mol. The highest BCUT2D eigenvalue weighted by molar-refractivity contribution is 7.72. The SMILES string of the molecule is CN=C(NNc1ccc([N+](=O)[O-])cc1)P(=O)(OC(C)C)OC(C)C. The number of hydrogen-bond donors (Lipinski definition) is 2. The molecule has 0 heterocycles. The van der Waals surface area contributed by atoms with E-state index in [1.165, 1.54) is 31.3 Å². The standard InChI is InChI=1S/C14H23N4O5P/c1-10(2)22-24(21,23-11(3)4)14(15-5)17-16-12-6-8-13(9-7-12)18(19)20/h6-11,16H,1-5H3,(H,15,17). The summed E-state index contributed by atoms with van der Waals surface area (Å²) in [4.78, 5) is 14.1. The third-order valence-corrected chi connectivity index (χ3v) is 4.80. The summed E-state index contributed by atoms with van der Waals surface area (Å²) in [5.74, 6) is 0. The predicted molar refractivity (Wildman–Crippen MR) is 93.3 cm³/mol. The first-order valence-electron chi connectivity index (χ1n) is 7.38. The van der Waals surface area contributed by atoms with Crippen molar-refractivity contribution in [3.63, 3.8) is 0 Å². The number of amidine groups is 1. The molecule has 1 aromatic carbocycles. The van der Waals surface area contributed by atoms with E-state index in [-0.39, 0.29) is 23.5 Å². The van der Waals surface area contributed by atoms with Crippen LogP contribution in [0, 0.1) is 10.1 Å². The summed E-state index contributed by atoms with van der Waals surface area (Å²) in [5, 5.41) is 10.6. The van der Waals surface area contributed by atoms with Gasteiger partial charge in [0, 0.05) is 19.2 Å². The number of anilines is 1. The second-order valence-corrected chi connectivity index (χ2v) is 7.25. The van der Waals surface area contributed by atoms with Crippen LogP contribution in [0.25, 0.3) is 0 Å². The van der Waals surface area contributed by atoms with Gasteiger partial charge in [0.25, 0.3) is 5.69 Å². The molecule has 1 rings (SSSR count). The van der Waals surface area contributed by atoms with Gasteiger partial charge in [-0.1, -0.05) is 0 Å². The first-order chi connectivity index (χ1) is 11.2. The molecule has 0 fully saturated rings. The molecule has 0 aliphatic carbocycles. The summed E-state index contributed by atoms with van der Waals surface area (Å²) in [6.07, 6.45) is -0.653. The van der Waals surface area contributed by atoms with E-state index in [0.717, 1.165) is 0 Å². The fourth-order valence-electron chi connectivity index (χ4n) is 1.72. The number of non-ortho nitro benzene ring substituents is 1. The van der Waals surface area contributed by atoms with Gasteiger partial charge in [-0.3, -0.25) is 30.5 Å². The Bertz CT molecular complexity index is 617. The lowest BCUT2D eigenvalue weighted by Gasteiger charge is -2.24. The van der Waals surface area contributed by atoms with Crippen molar-refractivity contribution in [3.8, 4) is 0 Å². The zero-order chi connectivity index (χ0) is 18.3. The van der Waals surface area contributed by atoms with Gasteiger partial charge >= 0.3 is 7.60 Å². The molecule has 0 saturated heterocycles. The number of hydrogen-bond acceptors (Lipinski definition) is 7. The molecule has 0 aromatic heterocycles. The van der Waals surface area contributed by atoms with Crippen LogP contribution in [0.4, 0.5) is 11.4 Å². The Kier molecular flexibility index (Phi) is 7.34. The van der Waals surface area contributed by atoms with Gasteiger partial charge < -0.3 is 9.05 Å². The lowest BCUT2D eigenvalue weighted by Crippen LogP contribution is -2.32. The van der Waals surface area contributed by atoms with Crippen molar-refractivity contribution in [2.45, 2.75) is 39.9 Å². The fraction of sp³-hybridized carbons (Fsp3) is 0.500. The molecule has 2 N–H and O–H groups in total. The van der Waals surface area contributed by atoms with Crippen molar-refractivity contribution in [1.82, 2.24) is 5.43 Å². The summed E-state index contributed by atoms with van der Waals surface area (Å²) < 4.78 is 23.9. The minimum Gasteiger partial charge on any atom is -0.300 e. The lowest BCUT2D eigenvalue weighted by molar-refractivity contribution is -0.384. The molecule has 1 aromatic rings. The maximum absolute atomic E-state index is 13.0. The molecule has 10 heteroatoms. The molecule has 0 aliphatic heterocycles.